The molecule has 4 heteroatoms. The van der Waals surface area contributed by atoms with Gasteiger partial charge in [0.2, 0.25) is 0 Å². The maximum atomic E-state index is 10.6. The highest BCUT2D eigenvalue weighted by molar-refractivity contribution is 5.51. The van der Waals surface area contributed by atoms with E-state index in [0.29, 0.717) is 6.54 Å². The molecule has 0 radical (unpaired) electrons. The summed E-state index contributed by atoms with van der Waals surface area (Å²) in [6.07, 6.45) is 5.05. The van der Waals surface area contributed by atoms with E-state index < -0.39 is 0 Å². The van der Waals surface area contributed by atoms with Crippen LogP contribution in [0.15, 0.2) is 54.4 Å². The first-order valence-corrected chi connectivity index (χ1v) is 4.61. The molecule has 1 aromatic rings. The number of para-hydroxylation sites is 1. The topological polar surface area (TPSA) is 46.4 Å². The molecule has 1 aliphatic heterocycles. The lowest BCUT2D eigenvalue weighted by Gasteiger charge is -2.20. The van der Waals surface area contributed by atoms with Crippen molar-refractivity contribution in [1.82, 2.24) is 0 Å². The lowest BCUT2D eigenvalue weighted by Crippen LogP contribution is -2.24. The lowest BCUT2D eigenvalue weighted by atomic mass is 10.2. The van der Waals surface area contributed by atoms with Crippen LogP contribution in [-0.2, 0) is 0 Å². The Morgan fingerprint density at radius 2 is 2.00 bits per heavy atom. The van der Waals surface area contributed by atoms with Crippen LogP contribution >= 0.6 is 0 Å². The lowest BCUT2D eigenvalue weighted by molar-refractivity contribution is -0.425. The van der Waals surface area contributed by atoms with Gasteiger partial charge in [0.15, 0.2) is 0 Å². The van der Waals surface area contributed by atoms with Crippen molar-refractivity contribution in [3.8, 4) is 0 Å². The molecule has 0 aliphatic carbocycles. The highest BCUT2D eigenvalue weighted by Gasteiger charge is 2.17. The van der Waals surface area contributed by atoms with Crippen LogP contribution in [0.1, 0.15) is 0 Å². The Balaban J connectivity index is 2.19. The predicted octanol–water partition coefficient (Wildman–Crippen LogP) is 2.18. The number of nitrogens with zero attached hydrogens (tertiary/aromatic N) is 2. The van der Waals surface area contributed by atoms with Crippen LogP contribution in [0, 0.1) is 10.1 Å². The van der Waals surface area contributed by atoms with Crippen molar-refractivity contribution in [2.75, 3.05) is 11.4 Å². The van der Waals surface area contributed by atoms with Crippen molar-refractivity contribution in [1.29, 1.82) is 0 Å². The number of allylic oxidation sites excluding steroid dienone is 2. The number of hydrogen-bond donors (Lipinski definition) is 0. The van der Waals surface area contributed by atoms with E-state index in [1.807, 2.05) is 41.4 Å². The Morgan fingerprint density at radius 3 is 2.67 bits per heavy atom. The van der Waals surface area contributed by atoms with Crippen LogP contribution < -0.4 is 4.90 Å². The number of nitro groups is 1. The molecule has 0 amide bonds. The third kappa shape index (κ3) is 2.04. The van der Waals surface area contributed by atoms with Crippen LogP contribution in [0.4, 0.5) is 5.69 Å². The third-order valence-corrected chi connectivity index (χ3v) is 2.21. The summed E-state index contributed by atoms with van der Waals surface area (Å²) in [6.45, 7) is 0.313. The summed E-state index contributed by atoms with van der Waals surface area (Å²) in [7, 11) is 0. The second-order valence-corrected chi connectivity index (χ2v) is 3.22. The number of anilines is 1. The molecule has 0 N–H and O–H groups in total. The number of rotatable bonds is 2. The van der Waals surface area contributed by atoms with E-state index in [0.717, 1.165) is 5.69 Å². The Kier molecular flexibility index (Phi) is 2.49. The fourth-order valence-corrected chi connectivity index (χ4v) is 1.45. The van der Waals surface area contributed by atoms with Gasteiger partial charge in [-0.2, -0.15) is 0 Å². The van der Waals surface area contributed by atoms with Crippen LogP contribution in [0.3, 0.4) is 0 Å². The molecule has 4 nitrogen and oxygen atoms in total. The molecule has 0 spiro atoms. The predicted molar refractivity (Wildman–Crippen MR) is 58.0 cm³/mol. The minimum Gasteiger partial charge on any atom is -0.337 e. The van der Waals surface area contributed by atoms with Gasteiger partial charge in [-0.05, 0) is 18.2 Å². The smallest absolute Gasteiger partial charge is 0.265 e. The van der Waals surface area contributed by atoms with Gasteiger partial charge in [0.1, 0.15) is 6.54 Å². The summed E-state index contributed by atoms with van der Waals surface area (Å²) in [4.78, 5) is 12.1. The van der Waals surface area contributed by atoms with Gasteiger partial charge in [-0.25, -0.2) is 0 Å². The minimum atomic E-state index is -0.348. The van der Waals surface area contributed by atoms with Crippen molar-refractivity contribution in [3.63, 3.8) is 0 Å². The van der Waals surface area contributed by atoms with E-state index in [4.69, 9.17) is 0 Å². The molecular weight excluding hydrogens is 192 g/mol. The Labute approximate surface area is 87.3 Å². The van der Waals surface area contributed by atoms with E-state index in [9.17, 15) is 10.1 Å². The zero-order valence-electron chi connectivity index (χ0n) is 8.04. The van der Waals surface area contributed by atoms with Gasteiger partial charge < -0.3 is 4.90 Å². The number of hydrogen-bond acceptors (Lipinski definition) is 3. The highest BCUT2D eigenvalue weighted by Crippen LogP contribution is 2.18. The molecule has 1 aliphatic rings. The Hall–Kier alpha value is -2.10. The zero-order valence-corrected chi connectivity index (χ0v) is 8.04. The largest absolute Gasteiger partial charge is 0.337 e. The van der Waals surface area contributed by atoms with E-state index in [-0.39, 0.29) is 10.6 Å². The first kappa shape index (κ1) is 9.45. The third-order valence-electron chi connectivity index (χ3n) is 2.21. The van der Waals surface area contributed by atoms with E-state index in [1.165, 1.54) is 6.08 Å². The van der Waals surface area contributed by atoms with Crippen LogP contribution in [0.25, 0.3) is 0 Å². The second kappa shape index (κ2) is 3.96. The van der Waals surface area contributed by atoms with E-state index in [2.05, 4.69) is 0 Å². The van der Waals surface area contributed by atoms with Gasteiger partial charge in [0, 0.05) is 18.0 Å². The van der Waals surface area contributed by atoms with Gasteiger partial charge in [-0.15, -0.1) is 0 Å². The molecule has 0 fully saturated rings. The van der Waals surface area contributed by atoms with E-state index >= 15 is 0 Å². The van der Waals surface area contributed by atoms with Gasteiger partial charge in [-0.3, -0.25) is 10.1 Å². The quantitative estimate of drug-likeness (QED) is 0.545. The average molecular weight is 202 g/mol. The summed E-state index contributed by atoms with van der Waals surface area (Å²) in [6, 6.07) is 9.59. The molecule has 1 aromatic carbocycles. The maximum absolute atomic E-state index is 10.6. The molecule has 0 unspecified atom stereocenters. The average Bonchev–Trinajstić information content (AvgIpc) is 2.30. The first-order chi connectivity index (χ1) is 7.27. The molecule has 0 saturated heterocycles. The van der Waals surface area contributed by atoms with E-state index in [1.54, 1.807) is 6.08 Å². The summed E-state index contributed by atoms with van der Waals surface area (Å²) >= 11 is 0. The fourth-order valence-electron chi connectivity index (χ4n) is 1.45. The van der Waals surface area contributed by atoms with Crippen molar-refractivity contribution >= 4 is 5.69 Å². The van der Waals surface area contributed by atoms with Gasteiger partial charge in [-0.1, -0.05) is 18.2 Å². The highest BCUT2D eigenvalue weighted by atomic mass is 16.6. The summed E-state index contributed by atoms with van der Waals surface area (Å²) < 4.78 is 0. The second-order valence-electron chi connectivity index (χ2n) is 3.22. The molecular formula is C11H10N2O2. The fraction of sp³-hybridized carbons (Fsp3) is 0.0909. The Morgan fingerprint density at radius 1 is 1.27 bits per heavy atom. The molecule has 15 heavy (non-hydrogen) atoms. The zero-order chi connectivity index (χ0) is 10.7. The molecule has 0 atom stereocenters. The maximum Gasteiger partial charge on any atom is 0.265 e. The summed E-state index contributed by atoms with van der Waals surface area (Å²) in [5, 5.41) is 10.6. The van der Waals surface area contributed by atoms with Gasteiger partial charge >= 0.3 is 0 Å². The molecule has 76 valence electrons. The van der Waals surface area contributed by atoms with Crippen molar-refractivity contribution in [2.45, 2.75) is 0 Å². The Bertz CT molecular complexity index is 423. The standard InChI is InChI=1S/C11H10N2O2/c14-13(15)11-7-4-8-12(9-11)10-5-2-1-3-6-10/h1-8H,9H2. The minimum absolute atomic E-state index is 0.210. The molecule has 2 rings (SSSR count). The van der Waals surface area contributed by atoms with Crippen LogP contribution in [0.2, 0.25) is 0 Å². The molecule has 1 heterocycles. The summed E-state index contributed by atoms with van der Waals surface area (Å²) in [5.41, 5.74) is 1.17. The summed E-state index contributed by atoms with van der Waals surface area (Å²) in [5.74, 6) is 0. The van der Waals surface area contributed by atoms with Crippen LogP contribution in [0.5, 0.6) is 0 Å². The normalized spacial score (nSPS) is 14.9. The van der Waals surface area contributed by atoms with Crippen molar-refractivity contribution in [2.24, 2.45) is 0 Å². The SMILES string of the molecule is O=[N+]([O-])C1=CC=CN(c2ccccc2)C1. The number of benzene rings is 1. The molecule has 0 bridgehead atoms. The van der Waals surface area contributed by atoms with Crippen molar-refractivity contribution < 1.29 is 4.92 Å². The van der Waals surface area contributed by atoms with Gasteiger partial charge in [0.25, 0.3) is 5.70 Å². The van der Waals surface area contributed by atoms with Crippen LogP contribution in [-0.4, -0.2) is 11.5 Å². The monoisotopic (exact) mass is 202 g/mol. The molecule has 0 saturated carbocycles. The van der Waals surface area contributed by atoms with Crippen molar-refractivity contribution in [3.05, 3.63) is 64.5 Å². The first-order valence-electron chi connectivity index (χ1n) is 4.61. The van der Waals surface area contributed by atoms with Gasteiger partial charge in [0.05, 0.1) is 4.92 Å². The molecule has 0 aromatic heterocycles.